The van der Waals surface area contributed by atoms with E-state index in [-0.39, 0.29) is 23.2 Å². The highest BCUT2D eigenvalue weighted by Crippen LogP contribution is 2.24. The molecule has 1 saturated carbocycles. The van der Waals surface area contributed by atoms with Gasteiger partial charge in [-0.05, 0) is 45.6 Å². The van der Waals surface area contributed by atoms with Gasteiger partial charge in [-0.3, -0.25) is 0 Å². The van der Waals surface area contributed by atoms with Gasteiger partial charge in [0.05, 0.1) is 6.33 Å². The molecule has 1 aliphatic rings. The molecule has 0 unspecified atom stereocenters. The number of pyridine rings is 1. The van der Waals surface area contributed by atoms with Crippen LogP contribution in [0.25, 0.3) is 0 Å². The minimum Gasteiger partial charge on any atom is -0.474 e. The van der Waals surface area contributed by atoms with Gasteiger partial charge in [0.15, 0.2) is 5.03 Å². The smallest absolute Gasteiger partial charge is 0.259 e. The maximum atomic E-state index is 12.5. The van der Waals surface area contributed by atoms with Gasteiger partial charge < -0.3 is 9.30 Å². The van der Waals surface area contributed by atoms with Crippen molar-refractivity contribution in [3.63, 3.8) is 0 Å². The molecule has 136 valence electrons. The second kappa shape index (κ2) is 7.53. The van der Waals surface area contributed by atoms with Gasteiger partial charge in [0.25, 0.3) is 10.0 Å². The van der Waals surface area contributed by atoms with Gasteiger partial charge in [-0.15, -0.1) is 0 Å². The van der Waals surface area contributed by atoms with Crippen LogP contribution in [0.4, 0.5) is 0 Å². The Morgan fingerprint density at radius 1 is 1.20 bits per heavy atom. The Kier molecular flexibility index (Phi) is 5.39. The molecular formula is C17H24N4O3S. The summed E-state index contributed by atoms with van der Waals surface area (Å²) < 4.78 is 35.4. The standard InChI is InChI=1S/C17H24N4O3S/c1-13(2)21-11-17(19-12-21)25(22,23)20-14-6-8-15(9-7-14)24-16-5-3-4-10-18-16/h3-5,10-15,20H,6-9H2,1-2H3. The Morgan fingerprint density at radius 2 is 1.96 bits per heavy atom. The molecule has 25 heavy (non-hydrogen) atoms. The van der Waals surface area contributed by atoms with Crippen LogP contribution in [0.3, 0.4) is 0 Å². The van der Waals surface area contributed by atoms with Crippen LogP contribution >= 0.6 is 0 Å². The fourth-order valence-corrected chi connectivity index (χ4v) is 4.15. The first-order valence-electron chi connectivity index (χ1n) is 8.57. The van der Waals surface area contributed by atoms with Crippen molar-refractivity contribution in [2.24, 2.45) is 0 Å². The van der Waals surface area contributed by atoms with E-state index in [4.69, 9.17) is 4.74 Å². The van der Waals surface area contributed by atoms with Crippen LogP contribution < -0.4 is 9.46 Å². The molecular weight excluding hydrogens is 340 g/mol. The highest BCUT2D eigenvalue weighted by atomic mass is 32.2. The first kappa shape index (κ1) is 17.9. The molecule has 0 atom stereocenters. The number of nitrogens with one attached hydrogen (secondary N) is 1. The second-order valence-electron chi connectivity index (χ2n) is 6.63. The summed E-state index contributed by atoms with van der Waals surface area (Å²) in [4.78, 5) is 8.19. The zero-order valence-corrected chi connectivity index (χ0v) is 15.3. The molecule has 0 aromatic carbocycles. The van der Waals surface area contributed by atoms with E-state index in [1.807, 2.05) is 32.0 Å². The van der Waals surface area contributed by atoms with Gasteiger partial charge in [-0.25, -0.2) is 23.1 Å². The highest BCUT2D eigenvalue weighted by molar-refractivity contribution is 7.89. The number of imidazole rings is 1. The van der Waals surface area contributed by atoms with Crippen molar-refractivity contribution in [1.82, 2.24) is 19.3 Å². The molecule has 8 heteroatoms. The van der Waals surface area contributed by atoms with Crippen LogP contribution in [-0.4, -0.2) is 35.1 Å². The summed E-state index contributed by atoms with van der Waals surface area (Å²) >= 11 is 0. The summed E-state index contributed by atoms with van der Waals surface area (Å²) in [5.41, 5.74) is 0. The monoisotopic (exact) mass is 364 g/mol. The summed E-state index contributed by atoms with van der Waals surface area (Å²) in [6.45, 7) is 3.96. The Hall–Kier alpha value is -1.93. The lowest BCUT2D eigenvalue weighted by Gasteiger charge is -2.28. The lowest BCUT2D eigenvalue weighted by molar-refractivity contribution is 0.138. The Morgan fingerprint density at radius 3 is 2.56 bits per heavy atom. The minimum atomic E-state index is -3.58. The van der Waals surface area contributed by atoms with Crippen molar-refractivity contribution in [3.05, 3.63) is 36.9 Å². The van der Waals surface area contributed by atoms with Crippen molar-refractivity contribution in [2.45, 2.75) is 62.7 Å². The Bertz CT molecular complexity index is 781. The van der Waals surface area contributed by atoms with Crippen molar-refractivity contribution < 1.29 is 13.2 Å². The zero-order chi connectivity index (χ0) is 17.9. The van der Waals surface area contributed by atoms with Gasteiger partial charge in [-0.2, -0.15) is 0 Å². The van der Waals surface area contributed by atoms with E-state index in [0.717, 1.165) is 25.7 Å². The van der Waals surface area contributed by atoms with E-state index >= 15 is 0 Å². The molecule has 1 fully saturated rings. The maximum absolute atomic E-state index is 12.5. The third kappa shape index (κ3) is 4.58. The summed E-state index contributed by atoms with van der Waals surface area (Å²) in [5.74, 6) is 0.616. The van der Waals surface area contributed by atoms with E-state index in [1.54, 1.807) is 23.3 Å². The first-order chi connectivity index (χ1) is 11.9. The van der Waals surface area contributed by atoms with Crippen LogP contribution in [0.5, 0.6) is 5.88 Å². The largest absolute Gasteiger partial charge is 0.474 e. The van der Waals surface area contributed by atoms with Crippen LogP contribution in [0.1, 0.15) is 45.6 Å². The number of nitrogens with zero attached hydrogens (tertiary/aromatic N) is 3. The third-order valence-electron chi connectivity index (χ3n) is 4.37. The SMILES string of the molecule is CC(C)n1cnc(S(=O)(=O)NC2CCC(Oc3ccccn3)CC2)c1. The van der Waals surface area contributed by atoms with Gasteiger partial charge in [0.1, 0.15) is 6.10 Å². The van der Waals surface area contributed by atoms with Crippen LogP contribution in [0.2, 0.25) is 0 Å². The molecule has 1 N–H and O–H groups in total. The van der Waals surface area contributed by atoms with Crippen molar-refractivity contribution >= 4 is 10.0 Å². The number of sulfonamides is 1. The molecule has 7 nitrogen and oxygen atoms in total. The molecule has 0 bridgehead atoms. The molecule has 2 aromatic rings. The molecule has 0 amide bonds. The predicted molar refractivity (Wildman–Crippen MR) is 93.8 cm³/mol. The first-order valence-corrected chi connectivity index (χ1v) is 10.1. The van der Waals surface area contributed by atoms with Crippen LogP contribution in [0, 0.1) is 0 Å². The van der Waals surface area contributed by atoms with E-state index < -0.39 is 10.0 Å². The molecule has 0 saturated heterocycles. The summed E-state index contributed by atoms with van der Waals surface area (Å²) in [6, 6.07) is 5.66. The molecule has 0 radical (unpaired) electrons. The summed E-state index contributed by atoms with van der Waals surface area (Å²) in [7, 11) is -3.58. The maximum Gasteiger partial charge on any atom is 0.259 e. The van der Waals surface area contributed by atoms with Gasteiger partial charge >= 0.3 is 0 Å². The minimum absolute atomic E-state index is 0.0769. The van der Waals surface area contributed by atoms with E-state index in [0.29, 0.717) is 5.88 Å². The number of ether oxygens (including phenoxy) is 1. The Balaban J connectivity index is 1.54. The number of hydrogen-bond acceptors (Lipinski definition) is 5. The molecule has 0 spiro atoms. The quantitative estimate of drug-likeness (QED) is 0.851. The van der Waals surface area contributed by atoms with Crippen molar-refractivity contribution in [2.75, 3.05) is 0 Å². The van der Waals surface area contributed by atoms with Crippen LogP contribution in [0.15, 0.2) is 41.9 Å². The lowest BCUT2D eigenvalue weighted by atomic mass is 9.94. The fourth-order valence-electron chi connectivity index (χ4n) is 2.90. The van der Waals surface area contributed by atoms with Crippen molar-refractivity contribution in [3.8, 4) is 5.88 Å². The van der Waals surface area contributed by atoms with E-state index in [1.165, 1.54) is 0 Å². The Labute approximate surface area is 148 Å². The average Bonchev–Trinajstić information content (AvgIpc) is 3.09. The number of aromatic nitrogens is 3. The van der Waals surface area contributed by atoms with E-state index in [2.05, 4.69) is 14.7 Å². The van der Waals surface area contributed by atoms with Gasteiger partial charge in [-0.1, -0.05) is 6.07 Å². The molecule has 3 rings (SSSR count). The highest BCUT2D eigenvalue weighted by Gasteiger charge is 2.28. The lowest BCUT2D eigenvalue weighted by Crippen LogP contribution is -2.39. The predicted octanol–water partition coefficient (Wildman–Crippen LogP) is 2.53. The third-order valence-corrected chi connectivity index (χ3v) is 5.78. The molecule has 1 aliphatic carbocycles. The van der Waals surface area contributed by atoms with Gasteiger partial charge in [0, 0.05) is 30.5 Å². The van der Waals surface area contributed by atoms with Gasteiger partial charge in [0.2, 0.25) is 5.88 Å². The zero-order valence-electron chi connectivity index (χ0n) is 14.5. The summed E-state index contributed by atoms with van der Waals surface area (Å²) in [6.07, 6.45) is 7.97. The molecule has 2 heterocycles. The van der Waals surface area contributed by atoms with Crippen molar-refractivity contribution in [1.29, 1.82) is 0 Å². The second-order valence-corrected chi connectivity index (χ2v) is 8.29. The summed E-state index contributed by atoms with van der Waals surface area (Å²) in [5, 5.41) is 0.0769. The normalized spacial score (nSPS) is 21.4. The average molecular weight is 364 g/mol. The fraction of sp³-hybridized carbons (Fsp3) is 0.529. The topological polar surface area (TPSA) is 86.1 Å². The number of rotatable bonds is 6. The molecule has 2 aromatic heterocycles. The van der Waals surface area contributed by atoms with Crippen LogP contribution in [-0.2, 0) is 10.0 Å². The molecule has 0 aliphatic heterocycles. The van der Waals surface area contributed by atoms with E-state index in [9.17, 15) is 8.42 Å². The number of hydrogen-bond donors (Lipinski definition) is 1.